The van der Waals surface area contributed by atoms with E-state index < -0.39 is 0 Å². The number of nitrogens with two attached hydrogens (primary N) is 1. The smallest absolute Gasteiger partial charge is 0.0719 e. The first-order valence-electron chi connectivity index (χ1n) is 3.14. The molecule has 1 rings (SSSR count). The Morgan fingerprint density at radius 3 is 2.33 bits per heavy atom. The second-order valence-electron chi connectivity index (χ2n) is 1.98. The number of halogens is 2. The van der Waals surface area contributed by atoms with E-state index >= 15 is 0 Å². The maximum atomic E-state index is 4.86. The van der Waals surface area contributed by atoms with Gasteiger partial charge in [-0.15, -0.1) is 24.8 Å². The third-order valence-corrected chi connectivity index (χ3v) is 1.26. The van der Waals surface area contributed by atoms with Crippen molar-refractivity contribution >= 4 is 24.8 Å². The van der Waals surface area contributed by atoms with Gasteiger partial charge in [-0.3, -0.25) is 4.98 Å². The first-order valence-corrected chi connectivity index (χ1v) is 3.14. The molecule has 1 aromatic rings. The van der Waals surface area contributed by atoms with Crippen LogP contribution in [0.4, 0.5) is 0 Å². The van der Waals surface area contributed by atoms with Crippen LogP contribution in [0.15, 0.2) is 24.5 Å². The van der Waals surface area contributed by atoms with Gasteiger partial charge in [0.2, 0.25) is 0 Å². The highest BCUT2D eigenvalue weighted by molar-refractivity contribution is 5.85. The van der Waals surface area contributed by atoms with Gasteiger partial charge in [0, 0.05) is 12.4 Å². The van der Waals surface area contributed by atoms with Crippen LogP contribution >= 0.6 is 24.8 Å². The molecule has 0 aliphatic rings. The molecule has 3 nitrogen and oxygen atoms in total. The highest BCUT2D eigenvalue weighted by Gasteiger charge is 1.88. The first-order chi connectivity index (χ1) is 4.93. The third-order valence-electron chi connectivity index (χ3n) is 1.26. The molecule has 0 saturated heterocycles. The van der Waals surface area contributed by atoms with Crippen LogP contribution in [0, 0.1) is 0 Å². The van der Waals surface area contributed by atoms with Gasteiger partial charge >= 0.3 is 0 Å². The summed E-state index contributed by atoms with van der Waals surface area (Å²) in [6.45, 7) is 0.560. The van der Waals surface area contributed by atoms with E-state index in [1.807, 2.05) is 12.1 Å². The molecule has 1 aromatic heterocycles. The van der Waals surface area contributed by atoms with Crippen molar-refractivity contribution in [3.05, 3.63) is 30.1 Å². The van der Waals surface area contributed by atoms with Crippen molar-refractivity contribution in [2.24, 2.45) is 5.90 Å². The van der Waals surface area contributed by atoms with E-state index in [4.69, 9.17) is 5.90 Å². The molecule has 0 fully saturated rings. The quantitative estimate of drug-likeness (QED) is 0.768. The number of rotatable bonds is 3. The number of nitrogens with zero attached hydrogens (tertiary/aromatic N) is 1. The Bertz CT molecular complexity index is 184. The lowest BCUT2D eigenvalue weighted by atomic mass is 10.2. The molecule has 2 N–H and O–H groups in total. The lowest BCUT2D eigenvalue weighted by Gasteiger charge is -1.96. The minimum Gasteiger partial charge on any atom is -0.304 e. The molecule has 5 heteroatoms. The Kier molecular flexibility index (Phi) is 10.3. The van der Waals surface area contributed by atoms with E-state index in [1.54, 1.807) is 12.4 Å². The van der Waals surface area contributed by atoms with Crippen LogP contribution in [0.5, 0.6) is 0 Å². The summed E-state index contributed by atoms with van der Waals surface area (Å²) in [5, 5.41) is 0. The molecule has 0 atom stereocenters. The molecule has 0 aliphatic heterocycles. The molecule has 0 aromatic carbocycles. The van der Waals surface area contributed by atoms with E-state index in [9.17, 15) is 0 Å². The SMILES string of the molecule is Cl.Cl.NOCCc1ccncc1. The zero-order valence-corrected chi connectivity index (χ0v) is 8.11. The van der Waals surface area contributed by atoms with Crippen LogP contribution in [0.3, 0.4) is 0 Å². The average Bonchev–Trinajstić information content (AvgIpc) is 2.03. The molecule has 0 unspecified atom stereocenters. The average molecular weight is 211 g/mol. The standard InChI is InChI=1S/C7H10N2O.2ClH/c8-10-6-3-7-1-4-9-5-2-7;;/h1-2,4-5H,3,6,8H2;2*1H. The Balaban J connectivity index is 0. The summed E-state index contributed by atoms with van der Waals surface area (Å²) < 4.78 is 0. The van der Waals surface area contributed by atoms with Crippen molar-refractivity contribution < 1.29 is 4.84 Å². The van der Waals surface area contributed by atoms with E-state index in [1.165, 1.54) is 5.56 Å². The second-order valence-corrected chi connectivity index (χ2v) is 1.98. The zero-order chi connectivity index (χ0) is 7.23. The summed E-state index contributed by atoms with van der Waals surface area (Å²) in [6, 6.07) is 3.89. The van der Waals surface area contributed by atoms with Crippen molar-refractivity contribution in [3.8, 4) is 0 Å². The molecule has 12 heavy (non-hydrogen) atoms. The normalized spacial score (nSPS) is 8.08. The van der Waals surface area contributed by atoms with Crippen LogP contribution in [-0.2, 0) is 11.3 Å². The predicted molar refractivity (Wildman–Crippen MR) is 52.6 cm³/mol. The first kappa shape index (κ1) is 14.2. The van der Waals surface area contributed by atoms with Crippen molar-refractivity contribution in [1.29, 1.82) is 0 Å². The summed E-state index contributed by atoms with van der Waals surface area (Å²) in [5.74, 6) is 4.86. The molecule has 1 heterocycles. The molecular formula is C7H12Cl2N2O. The van der Waals surface area contributed by atoms with E-state index in [2.05, 4.69) is 9.82 Å². The topological polar surface area (TPSA) is 48.1 Å². The van der Waals surface area contributed by atoms with Gasteiger partial charge in [0.1, 0.15) is 0 Å². The highest BCUT2D eigenvalue weighted by Crippen LogP contribution is 1.95. The minimum absolute atomic E-state index is 0. The number of hydrogen-bond acceptors (Lipinski definition) is 3. The maximum Gasteiger partial charge on any atom is 0.0719 e. The number of hydrogen-bond donors (Lipinski definition) is 1. The fourth-order valence-electron chi connectivity index (χ4n) is 0.726. The van der Waals surface area contributed by atoms with E-state index in [0.29, 0.717) is 6.61 Å². The van der Waals surface area contributed by atoms with Gasteiger partial charge in [-0.1, -0.05) is 0 Å². The number of pyridine rings is 1. The Morgan fingerprint density at radius 2 is 1.83 bits per heavy atom. The lowest BCUT2D eigenvalue weighted by molar-refractivity contribution is 0.141. The van der Waals surface area contributed by atoms with Crippen LogP contribution in [-0.4, -0.2) is 11.6 Å². The molecule has 0 amide bonds. The van der Waals surface area contributed by atoms with Crippen molar-refractivity contribution in [2.75, 3.05) is 6.61 Å². The van der Waals surface area contributed by atoms with Crippen LogP contribution in [0.1, 0.15) is 5.56 Å². The van der Waals surface area contributed by atoms with E-state index in [0.717, 1.165) is 6.42 Å². The zero-order valence-electron chi connectivity index (χ0n) is 6.47. The fourth-order valence-corrected chi connectivity index (χ4v) is 0.726. The van der Waals surface area contributed by atoms with Gasteiger partial charge in [0.15, 0.2) is 0 Å². The number of aromatic nitrogens is 1. The van der Waals surface area contributed by atoms with Crippen molar-refractivity contribution in [1.82, 2.24) is 4.98 Å². The summed E-state index contributed by atoms with van der Waals surface area (Å²) >= 11 is 0. The van der Waals surface area contributed by atoms with Gasteiger partial charge in [-0.05, 0) is 24.1 Å². The summed E-state index contributed by atoms with van der Waals surface area (Å²) in [5.41, 5.74) is 1.19. The maximum absolute atomic E-state index is 4.86. The molecular weight excluding hydrogens is 199 g/mol. The second kappa shape index (κ2) is 8.74. The Hall–Kier alpha value is -0.350. The largest absolute Gasteiger partial charge is 0.304 e. The van der Waals surface area contributed by atoms with Gasteiger partial charge < -0.3 is 4.84 Å². The molecule has 0 spiro atoms. The minimum atomic E-state index is 0. The summed E-state index contributed by atoms with van der Waals surface area (Å²) in [7, 11) is 0. The van der Waals surface area contributed by atoms with E-state index in [-0.39, 0.29) is 24.8 Å². The Morgan fingerprint density at radius 1 is 1.25 bits per heavy atom. The summed E-state index contributed by atoms with van der Waals surface area (Å²) in [6.07, 6.45) is 4.36. The molecule has 0 bridgehead atoms. The lowest BCUT2D eigenvalue weighted by Crippen LogP contribution is -2.03. The van der Waals surface area contributed by atoms with Crippen molar-refractivity contribution in [2.45, 2.75) is 6.42 Å². The van der Waals surface area contributed by atoms with Crippen LogP contribution in [0.25, 0.3) is 0 Å². The van der Waals surface area contributed by atoms with Gasteiger partial charge in [-0.25, -0.2) is 5.90 Å². The molecule has 70 valence electrons. The van der Waals surface area contributed by atoms with Crippen LogP contribution < -0.4 is 5.90 Å². The van der Waals surface area contributed by atoms with Gasteiger partial charge in [0.05, 0.1) is 6.61 Å². The third kappa shape index (κ3) is 5.32. The van der Waals surface area contributed by atoms with Gasteiger partial charge in [0.25, 0.3) is 0 Å². The van der Waals surface area contributed by atoms with Gasteiger partial charge in [-0.2, -0.15) is 0 Å². The molecule has 0 radical (unpaired) electrons. The summed E-state index contributed by atoms with van der Waals surface area (Å²) in [4.78, 5) is 8.31. The monoisotopic (exact) mass is 210 g/mol. The Labute approximate surface area is 84.1 Å². The highest BCUT2D eigenvalue weighted by atomic mass is 35.5. The van der Waals surface area contributed by atoms with Crippen molar-refractivity contribution in [3.63, 3.8) is 0 Å². The predicted octanol–water partition coefficient (Wildman–Crippen LogP) is 1.36. The van der Waals surface area contributed by atoms with Crippen LogP contribution in [0.2, 0.25) is 0 Å². The molecule has 0 aliphatic carbocycles. The fraction of sp³-hybridized carbons (Fsp3) is 0.286. The molecule has 0 saturated carbocycles.